The van der Waals surface area contributed by atoms with Crippen LogP contribution < -0.4 is 0 Å². The molecule has 2 aromatic heterocycles. The van der Waals surface area contributed by atoms with Crippen LogP contribution >= 0.6 is 11.3 Å². The maximum Gasteiger partial charge on any atom is 0.244 e. The van der Waals surface area contributed by atoms with Gasteiger partial charge in [-0.25, -0.2) is 8.42 Å². The maximum absolute atomic E-state index is 13.3. The number of aromatic nitrogens is 2. The summed E-state index contributed by atoms with van der Waals surface area (Å²) < 4.78 is 33.4. The predicted octanol–water partition coefficient (Wildman–Crippen LogP) is 3.86. The fourth-order valence-corrected chi connectivity index (χ4v) is 7.70. The molecule has 0 aromatic carbocycles. The number of sulfonamides is 1. The third-order valence-corrected chi connectivity index (χ3v) is 9.95. The summed E-state index contributed by atoms with van der Waals surface area (Å²) in [6, 6.07) is 1.98. The lowest BCUT2D eigenvalue weighted by Crippen LogP contribution is -2.46. The van der Waals surface area contributed by atoms with Crippen LogP contribution in [-0.4, -0.2) is 59.8 Å². The molecule has 1 aliphatic carbocycles. The van der Waals surface area contributed by atoms with Gasteiger partial charge in [-0.15, -0.1) is 11.3 Å². The van der Waals surface area contributed by atoms with E-state index in [2.05, 4.69) is 10.1 Å². The zero-order valence-corrected chi connectivity index (χ0v) is 20.7. The Morgan fingerprint density at radius 2 is 1.91 bits per heavy atom. The van der Waals surface area contributed by atoms with E-state index in [0.717, 1.165) is 12.8 Å². The van der Waals surface area contributed by atoms with Crippen LogP contribution in [0.1, 0.15) is 62.6 Å². The number of hydrogen-bond donors (Lipinski definition) is 0. The summed E-state index contributed by atoms with van der Waals surface area (Å²) in [4.78, 5) is 20.9. The van der Waals surface area contributed by atoms with Crippen LogP contribution in [0.25, 0.3) is 10.7 Å². The number of nitrogens with zero attached hydrogens (tertiary/aromatic N) is 4. The van der Waals surface area contributed by atoms with Gasteiger partial charge in [0.15, 0.2) is 0 Å². The van der Waals surface area contributed by atoms with Crippen molar-refractivity contribution in [1.29, 1.82) is 0 Å². The molecule has 1 aliphatic heterocycles. The molecule has 2 fully saturated rings. The van der Waals surface area contributed by atoms with Gasteiger partial charge in [-0.2, -0.15) is 9.29 Å². The minimum Gasteiger partial charge on any atom is -0.343 e. The van der Waals surface area contributed by atoms with Crippen molar-refractivity contribution in [2.24, 2.45) is 5.92 Å². The minimum absolute atomic E-state index is 0.0979. The standard InChI is InChI=1S/C22H32N4O4S2/c1-4-20-23-21(24-30-20)18-14-19(15(2)31-18)32(28,29)26-12-10-16(11-13-26)22(27)25(3)17-8-6-5-7-9-17/h14,16-17H,4-13H2,1-3H3. The highest BCUT2D eigenvalue weighted by Gasteiger charge is 2.36. The number of thiophene rings is 1. The summed E-state index contributed by atoms with van der Waals surface area (Å²) in [6.07, 6.45) is 7.54. The molecular formula is C22H32N4O4S2. The number of amides is 1. The summed E-state index contributed by atoms with van der Waals surface area (Å²) in [5.74, 6) is 1.03. The topological polar surface area (TPSA) is 96.6 Å². The van der Waals surface area contributed by atoms with Gasteiger partial charge in [0.25, 0.3) is 0 Å². The number of hydrogen-bond acceptors (Lipinski definition) is 7. The average Bonchev–Trinajstić information content (AvgIpc) is 3.45. The number of carbonyl (C=O) groups is 1. The summed E-state index contributed by atoms with van der Waals surface area (Å²) in [5, 5.41) is 3.96. The second-order valence-electron chi connectivity index (χ2n) is 8.82. The Hall–Kier alpha value is -1.78. The van der Waals surface area contributed by atoms with E-state index in [9.17, 15) is 13.2 Å². The molecule has 32 heavy (non-hydrogen) atoms. The first-order valence-corrected chi connectivity index (χ1v) is 13.8. The van der Waals surface area contributed by atoms with Crippen LogP contribution in [0.5, 0.6) is 0 Å². The highest BCUT2D eigenvalue weighted by atomic mass is 32.2. The van der Waals surface area contributed by atoms with Gasteiger partial charge >= 0.3 is 0 Å². The first kappa shape index (κ1) is 23.4. The molecule has 8 nitrogen and oxygen atoms in total. The zero-order chi connectivity index (χ0) is 22.9. The highest BCUT2D eigenvalue weighted by Crippen LogP contribution is 2.35. The van der Waals surface area contributed by atoms with Crippen molar-refractivity contribution < 1.29 is 17.7 Å². The van der Waals surface area contributed by atoms with Crippen molar-refractivity contribution in [2.45, 2.75) is 76.2 Å². The molecular weight excluding hydrogens is 448 g/mol. The summed E-state index contributed by atoms with van der Waals surface area (Å²) in [5.41, 5.74) is 0. The van der Waals surface area contributed by atoms with Crippen LogP contribution in [0.3, 0.4) is 0 Å². The third kappa shape index (κ3) is 4.63. The number of piperidine rings is 1. The lowest BCUT2D eigenvalue weighted by atomic mass is 9.91. The number of carbonyl (C=O) groups excluding carboxylic acids is 1. The van der Waals surface area contributed by atoms with Gasteiger partial charge in [0.05, 0.1) is 9.77 Å². The normalized spacial score (nSPS) is 19.3. The third-order valence-electron chi connectivity index (χ3n) is 6.75. The summed E-state index contributed by atoms with van der Waals surface area (Å²) in [6.45, 7) is 4.46. The van der Waals surface area contributed by atoms with E-state index < -0.39 is 10.0 Å². The molecule has 3 heterocycles. The smallest absolute Gasteiger partial charge is 0.244 e. The van der Waals surface area contributed by atoms with Crippen LogP contribution in [0.2, 0.25) is 0 Å². The van der Waals surface area contributed by atoms with Crippen LogP contribution in [0.4, 0.5) is 0 Å². The Labute approximate surface area is 194 Å². The van der Waals surface area contributed by atoms with Crippen LogP contribution in [-0.2, 0) is 21.2 Å². The van der Waals surface area contributed by atoms with Gasteiger partial charge in [0, 0.05) is 43.4 Å². The molecule has 1 saturated carbocycles. The Bertz CT molecular complexity index is 1050. The molecule has 0 radical (unpaired) electrons. The first-order chi connectivity index (χ1) is 15.3. The Morgan fingerprint density at radius 1 is 1.22 bits per heavy atom. The van der Waals surface area contributed by atoms with E-state index in [-0.39, 0.29) is 11.8 Å². The van der Waals surface area contributed by atoms with Gasteiger partial charge in [-0.3, -0.25) is 4.79 Å². The predicted molar refractivity (Wildman–Crippen MR) is 123 cm³/mol. The molecule has 10 heteroatoms. The van der Waals surface area contributed by atoms with Crippen molar-refractivity contribution in [3.8, 4) is 10.7 Å². The molecule has 176 valence electrons. The summed E-state index contributed by atoms with van der Waals surface area (Å²) >= 11 is 1.36. The van der Waals surface area contributed by atoms with E-state index in [1.165, 1.54) is 34.9 Å². The van der Waals surface area contributed by atoms with Gasteiger partial charge in [0.2, 0.25) is 27.6 Å². The van der Waals surface area contributed by atoms with Crippen molar-refractivity contribution in [1.82, 2.24) is 19.3 Å². The molecule has 0 unspecified atom stereocenters. The maximum atomic E-state index is 13.3. The van der Waals surface area contributed by atoms with Crippen LogP contribution in [0.15, 0.2) is 15.5 Å². The van der Waals surface area contributed by atoms with E-state index in [1.807, 2.05) is 18.9 Å². The molecule has 0 spiro atoms. The number of rotatable bonds is 6. The quantitative estimate of drug-likeness (QED) is 0.623. The molecule has 0 bridgehead atoms. The van der Waals surface area contributed by atoms with Crippen LogP contribution in [0, 0.1) is 12.8 Å². The van der Waals surface area contributed by atoms with Crippen molar-refractivity contribution in [2.75, 3.05) is 20.1 Å². The Kier molecular flexibility index (Phi) is 7.02. The zero-order valence-electron chi connectivity index (χ0n) is 19.0. The first-order valence-electron chi connectivity index (χ1n) is 11.5. The highest BCUT2D eigenvalue weighted by molar-refractivity contribution is 7.89. The lowest BCUT2D eigenvalue weighted by Gasteiger charge is -2.36. The Morgan fingerprint density at radius 3 is 2.53 bits per heavy atom. The van der Waals surface area contributed by atoms with E-state index in [1.54, 1.807) is 13.0 Å². The van der Waals surface area contributed by atoms with E-state index in [4.69, 9.17) is 4.52 Å². The fourth-order valence-electron chi connectivity index (χ4n) is 4.75. The second kappa shape index (κ2) is 9.61. The van der Waals surface area contributed by atoms with Gasteiger partial charge in [-0.05, 0) is 38.7 Å². The average molecular weight is 481 g/mol. The number of aryl methyl sites for hydroxylation is 2. The molecule has 0 N–H and O–H groups in total. The van der Waals surface area contributed by atoms with Gasteiger partial charge < -0.3 is 9.42 Å². The SMILES string of the molecule is CCc1nc(-c2cc(S(=O)(=O)N3CCC(C(=O)N(C)C4CCCCC4)CC3)c(C)s2)no1. The van der Waals surface area contributed by atoms with E-state index >= 15 is 0 Å². The summed E-state index contributed by atoms with van der Waals surface area (Å²) in [7, 11) is -1.72. The Balaban J connectivity index is 1.42. The molecule has 1 saturated heterocycles. The van der Waals surface area contributed by atoms with Gasteiger partial charge in [-0.1, -0.05) is 31.3 Å². The van der Waals surface area contributed by atoms with Crippen molar-refractivity contribution in [3.63, 3.8) is 0 Å². The van der Waals surface area contributed by atoms with Crippen molar-refractivity contribution in [3.05, 3.63) is 16.8 Å². The molecule has 2 aliphatic rings. The largest absolute Gasteiger partial charge is 0.343 e. The van der Waals surface area contributed by atoms with E-state index in [0.29, 0.717) is 64.8 Å². The molecule has 2 aromatic rings. The second-order valence-corrected chi connectivity index (χ2v) is 12.0. The minimum atomic E-state index is -3.64. The fraction of sp³-hybridized carbons (Fsp3) is 0.682. The monoisotopic (exact) mass is 480 g/mol. The molecule has 0 atom stereocenters. The van der Waals surface area contributed by atoms with Gasteiger partial charge in [0.1, 0.15) is 0 Å². The lowest BCUT2D eigenvalue weighted by molar-refractivity contribution is -0.138. The van der Waals surface area contributed by atoms with Crippen molar-refractivity contribution >= 4 is 27.3 Å². The molecule has 4 rings (SSSR count). The molecule has 1 amide bonds.